The third-order valence-corrected chi connectivity index (χ3v) is 7.07. The molecule has 0 radical (unpaired) electrons. The Kier molecular flexibility index (Phi) is 2.88. The molecule has 4 heteroatoms. The molecule has 2 amide bonds. The SMILES string of the molecule is C[C@@H]1[C@@H](C(=O)N2C(=O)O[C@@H]3c4ccccc4C(C)(C)[C@@H]32)[C@H]2C=C[C@@H]1C2. The first-order valence-corrected chi connectivity index (χ1v) is 9.22. The molecule has 1 aromatic rings. The fraction of sp³-hybridized carbons (Fsp3) is 0.524. The molecule has 1 saturated carbocycles. The summed E-state index contributed by atoms with van der Waals surface area (Å²) in [6.07, 6.45) is 4.63. The van der Waals surface area contributed by atoms with Crippen molar-refractivity contribution >= 4 is 12.0 Å². The maximum Gasteiger partial charge on any atom is 0.417 e. The zero-order valence-corrected chi connectivity index (χ0v) is 14.8. The number of imide groups is 1. The van der Waals surface area contributed by atoms with E-state index in [0.29, 0.717) is 11.8 Å². The molecule has 0 aromatic heterocycles. The Balaban J connectivity index is 1.54. The van der Waals surface area contributed by atoms with Gasteiger partial charge in [0.2, 0.25) is 5.91 Å². The van der Waals surface area contributed by atoms with E-state index >= 15 is 0 Å². The number of carbonyl (C=O) groups is 2. The lowest BCUT2D eigenvalue weighted by molar-refractivity contribution is -0.136. The number of allylic oxidation sites excluding steroid dienone is 2. The van der Waals surface area contributed by atoms with Gasteiger partial charge >= 0.3 is 6.09 Å². The van der Waals surface area contributed by atoms with Gasteiger partial charge in [0.05, 0.1) is 6.04 Å². The quantitative estimate of drug-likeness (QED) is 0.732. The van der Waals surface area contributed by atoms with Crippen LogP contribution in [0.1, 0.15) is 44.4 Å². The molecule has 1 aliphatic heterocycles. The second-order valence-electron chi connectivity index (χ2n) is 8.60. The largest absolute Gasteiger partial charge is 0.439 e. The first-order valence-electron chi connectivity index (χ1n) is 9.22. The number of nitrogens with zero attached hydrogens (tertiary/aromatic N) is 1. The summed E-state index contributed by atoms with van der Waals surface area (Å²) in [6.45, 7) is 6.37. The minimum absolute atomic E-state index is 0.0391. The molecule has 2 bridgehead atoms. The van der Waals surface area contributed by atoms with Crippen molar-refractivity contribution in [3.8, 4) is 0 Å². The van der Waals surface area contributed by atoms with Crippen molar-refractivity contribution in [3.05, 3.63) is 47.5 Å². The van der Waals surface area contributed by atoms with Gasteiger partial charge in [0.15, 0.2) is 6.10 Å². The lowest BCUT2D eigenvalue weighted by atomic mass is 9.80. The average Bonchev–Trinajstić information content (AvgIpc) is 3.30. The van der Waals surface area contributed by atoms with Crippen molar-refractivity contribution in [2.24, 2.45) is 23.7 Å². The van der Waals surface area contributed by atoms with Crippen molar-refractivity contribution in [1.82, 2.24) is 4.90 Å². The van der Waals surface area contributed by atoms with Crippen molar-refractivity contribution in [2.45, 2.75) is 44.8 Å². The standard InChI is InChI=1S/C21H23NO3/c1-11-12-8-9-13(10-12)16(11)19(23)22-18-17(25-20(22)24)14-6-4-5-7-15(14)21(18,2)3/h4-9,11-13,16-18H,10H2,1-3H3/t11-,12+,13-,16+,17+,18+/m0/s1. The van der Waals surface area contributed by atoms with Gasteiger partial charge in [-0.05, 0) is 35.3 Å². The smallest absolute Gasteiger partial charge is 0.417 e. The predicted molar refractivity (Wildman–Crippen MR) is 92.7 cm³/mol. The Labute approximate surface area is 147 Å². The summed E-state index contributed by atoms with van der Waals surface area (Å²) in [6, 6.07) is 7.84. The molecule has 3 aliphatic carbocycles. The van der Waals surface area contributed by atoms with E-state index in [4.69, 9.17) is 4.74 Å². The molecule has 5 rings (SSSR count). The Morgan fingerprint density at radius 1 is 1.20 bits per heavy atom. The van der Waals surface area contributed by atoms with Crippen LogP contribution in [0.3, 0.4) is 0 Å². The zero-order valence-electron chi connectivity index (χ0n) is 14.8. The molecule has 130 valence electrons. The molecule has 1 heterocycles. The summed E-state index contributed by atoms with van der Waals surface area (Å²) in [5, 5.41) is 0. The zero-order chi connectivity index (χ0) is 17.5. The van der Waals surface area contributed by atoms with E-state index in [9.17, 15) is 9.59 Å². The minimum atomic E-state index is -0.471. The van der Waals surface area contributed by atoms with Crippen LogP contribution in [0.4, 0.5) is 4.79 Å². The van der Waals surface area contributed by atoms with Crippen LogP contribution in [-0.4, -0.2) is 22.9 Å². The van der Waals surface area contributed by atoms with Gasteiger partial charge < -0.3 is 4.74 Å². The first-order chi connectivity index (χ1) is 11.9. The van der Waals surface area contributed by atoms with Crippen LogP contribution in [-0.2, 0) is 14.9 Å². The van der Waals surface area contributed by atoms with Gasteiger partial charge in [-0.3, -0.25) is 4.79 Å². The van der Waals surface area contributed by atoms with E-state index in [1.54, 1.807) is 0 Å². The third kappa shape index (κ3) is 1.77. The van der Waals surface area contributed by atoms with Gasteiger partial charge in [-0.2, -0.15) is 0 Å². The van der Waals surface area contributed by atoms with Gasteiger partial charge in [0.1, 0.15) is 0 Å². The van der Waals surface area contributed by atoms with Crippen molar-refractivity contribution in [1.29, 1.82) is 0 Å². The normalized spacial score (nSPS) is 39.5. The van der Waals surface area contributed by atoms with E-state index in [0.717, 1.165) is 12.0 Å². The highest BCUT2D eigenvalue weighted by Crippen LogP contribution is 2.54. The van der Waals surface area contributed by atoms with Gasteiger partial charge in [-0.25, -0.2) is 9.69 Å². The van der Waals surface area contributed by atoms with Crippen LogP contribution in [0.15, 0.2) is 36.4 Å². The maximum atomic E-state index is 13.4. The molecular weight excluding hydrogens is 314 g/mol. The van der Waals surface area contributed by atoms with Crippen LogP contribution < -0.4 is 0 Å². The number of fused-ring (bicyclic) bond motifs is 5. The van der Waals surface area contributed by atoms with Crippen LogP contribution in [0.2, 0.25) is 0 Å². The Morgan fingerprint density at radius 2 is 1.92 bits per heavy atom. The summed E-state index contributed by atoms with van der Waals surface area (Å²) in [5.41, 5.74) is 1.91. The topological polar surface area (TPSA) is 46.6 Å². The summed E-state index contributed by atoms with van der Waals surface area (Å²) < 4.78 is 5.70. The van der Waals surface area contributed by atoms with E-state index < -0.39 is 6.09 Å². The predicted octanol–water partition coefficient (Wildman–Crippen LogP) is 3.82. The van der Waals surface area contributed by atoms with Crippen LogP contribution in [0, 0.1) is 23.7 Å². The summed E-state index contributed by atoms with van der Waals surface area (Å²) in [5.74, 6) is 0.901. The van der Waals surface area contributed by atoms with Crippen LogP contribution >= 0.6 is 0 Å². The summed E-state index contributed by atoms with van der Waals surface area (Å²) in [7, 11) is 0. The van der Waals surface area contributed by atoms with Gasteiger partial charge in [-0.1, -0.05) is 57.2 Å². The summed E-state index contributed by atoms with van der Waals surface area (Å²) in [4.78, 5) is 27.6. The highest BCUT2D eigenvalue weighted by atomic mass is 16.6. The first kappa shape index (κ1) is 15.2. The third-order valence-electron chi connectivity index (χ3n) is 7.07. The molecule has 25 heavy (non-hydrogen) atoms. The number of rotatable bonds is 1. The van der Waals surface area contributed by atoms with Crippen LogP contribution in [0.5, 0.6) is 0 Å². The van der Waals surface area contributed by atoms with Crippen molar-refractivity contribution in [2.75, 3.05) is 0 Å². The molecule has 2 fully saturated rings. The maximum absolute atomic E-state index is 13.4. The van der Waals surface area contributed by atoms with Gasteiger partial charge in [0.25, 0.3) is 0 Å². The van der Waals surface area contributed by atoms with Gasteiger partial charge in [-0.15, -0.1) is 0 Å². The molecule has 1 aromatic carbocycles. The number of benzene rings is 1. The van der Waals surface area contributed by atoms with Crippen molar-refractivity contribution in [3.63, 3.8) is 0 Å². The number of amides is 2. The molecule has 4 aliphatic rings. The molecular formula is C21H23NO3. The molecule has 1 saturated heterocycles. The Bertz CT molecular complexity index is 811. The van der Waals surface area contributed by atoms with E-state index in [-0.39, 0.29) is 35.3 Å². The molecule has 0 unspecified atom stereocenters. The van der Waals surface area contributed by atoms with Crippen molar-refractivity contribution < 1.29 is 14.3 Å². The fourth-order valence-electron chi connectivity index (χ4n) is 5.77. The lowest BCUT2D eigenvalue weighted by Gasteiger charge is -2.35. The minimum Gasteiger partial charge on any atom is -0.439 e. The molecule has 4 nitrogen and oxygen atoms in total. The average molecular weight is 337 g/mol. The highest BCUT2D eigenvalue weighted by Gasteiger charge is 2.61. The fourth-order valence-corrected chi connectivity index (χ4v) is 5.77. The molecule has 6 atom stereocenters. The summed E-state index contributed by atoms with van der Waals surface area (Å²) >= 11 is 0. The van der Waals surface area contributed by atoms with E-state index in [2.05, 4.69) is 39.0 Å². The monoisotopic (exact) mass is 337 g/mol. The van der Waals surface area contributed by atoms with E-state index in [1.807, 2.05) is 18.2 Å². The second-order valence-corrected chi connectivity index (χ2v) is 8.60. The Morgan fingerprint density at radius 3 is 2.64 bits per heavy atom. The van der Waals surface area contributed by atoms with Gasteiger partial charge in [0, 0.05) is 11.3 Å². The highest BCUT2D eigenvalue weighted by molar-refractivity contribution is 5.96. The number of hydrogen-bond acceptors (Lipinski definition) is 3. The van der Waals surface area contributed by atoms with Crippen LogP contribution in [0.25, 0.3) is 0 Å². The lowest BCUT2D eigenvalue weighted by Crippen LogP contribution is -2.50. The molecule has 0 N–H and O–H groups in total. The van der Waals surface area contributed by atoms with E-state index in [1.165, 1.54) is 10.5 Å². The number of carbonyl (C=O) groups excluding carboxylic acids is 2. The Hall–Kier alpha value is -2.10. The second kappa shape index (κ2) is 4.75. The number of ether oxygens (including phenoxy) is 1. The molecule has 0 spiro atoms. The number of hydrogen-bond donors (Lipinski definition) is 0.